The molecule has 0 aromatic rings. The van der Waals surface area contributed by atoms with E-state index in [-0.39, 0.29) is 84.8 Å². The molecule has 0 bridgehead atoms. The number of rotatable bonds is 18. The Morgan fingerprint density at radius 2 is 0.949 bits per heavy atom. The second-order valence-electron chi connectivity index (χ2n) is 8.39. The molecule has 15 heteroatoms. The fourth-order valence-corrected chi connectivity index (χ4v) is 2.78. The number of aliphatic carboxylic acids is 2. The topological polar surface area (TPSA) is 207 Å². The molecule has 12 nitrogen and oxygen atoms in total. The predicted molar refractivity (Wildman–Crippen MR) is 133 cm³/mol. The Hall–Kier alpha value is -0.250. The van der Waals surface area contributed by atoms with Crippen molar-refractivity contribution in [2.24, 2.45) is 11.8 Å². The number of carboxylic acids is 2. The first-order valence-corrected chi connectivity index (χ1v) is 13.9. The third-order valence-electron chi connectivity index (χ3n) is 5.13. The van der Waals surface area contributed by atoms with E-state index in [1.165, 1.54) is 0 Å². The number of hydrogen-bond donors (Lipinski definition) is 2. The van der Waals surface area contributed by atoms with Crippen molar-refractivity contribution in [1.29, 1.82) is 0 Å². The van der Waals surface area contributed by atoms with Crippen molar-refractivity contribution >= 4 is 34.3 Å². The standard InChI is InChI=1S/2C12H22O4.2Na.H2O4S/c2*1-3-5-6-10(4-2)9-16-12(15)8-7-11(13)14;;;1-5(2,3)4/h2*10H,3-9H2,1-2H3,(H,13,14);;;(H2,1,2,3,4)/q;;2*+1;/p-2. The summed E-state index contributed by atoms with van der Waals surface area (Å²) >= 11 is 0. The zero-order chi connectivity index (χ0) is 29.3. The zero-order valence-electron chi connectivity index (χ0n) is 24.4. The van der Waals surface area contributed by atoms with Crippen molar-refractivity contribution in [1.82, 2.24) is 0 Å². The summed E-state index contributed by atoms with van der Waals surface area (Å²) < 4.78 is 44.2. The summed E-state index contributed by atoms with van der Waals surface area (Å²) in [4.78, 5) is 42.8. The van der Waals surface area contributed by atoms with Crippen LogP contribution in [0.1, 0.15) is 105 Å². The van der Waals surface area contributed by atoms with Gasteiger partial charge in [0.25, 0.3) is 0 Å². The predicted octanol–water partition coefficient (Wildman–Crippen LogP) is -2.11. The summed E-state index contributed by atoms with van der Waals surface area (Å²) in [6.45, 7) is 9.26. The van der Waals surface area contributed by atoms with Gasteiger partial charge in [0.2, 0.25) is 0 Å². The van der Waals surface area contributed by atoms with E-state index in [0.29, 0.717) is 25.0 Å². The molecule has 0 aromatic carbocycles. The van der Waals surface area contributed by atoms with Crippen molar-refractivity contribution in [2.75, 3.05) is 13.2 Å². The molecule has 220 valence electrons. The van der Waals surface area contributed by atoms with Crippen LogP contribution in [0.25, 0.3) is 0 Å². The maximum atomic E-state index is 11.2. The van der Waals surface area contributed by atoms with Crippen LogP contribution < -0.4 is 59.1 Å². The molecule has 0 aliphatic carbocycles. The van der Waals surface area contributed by atoms with E-state index in [1.54, 1.807) is 0 Å². The van der Waals surface area contributed by atoms with Crippen LogP contribution in [-0.4, -0.2) is 64.8 Å². The van der Waals surface area contributed by atoms with Crippen LogP contribution in [0.15, 0.2) is 0 Å². The maximum Gasteiger partial charge on any atom is 1.00 e. The molecule has 0 fully saturated rings. The summed E-state index contributed by atoms with van der Waals surface area (Å²) in [7, 11) is -5.17. The molecule has 0 radical (unpaired) electrons. The van der Waals surface area contributed by atoms with Crippen molar-refractivity contribution in [3.63, 3.8) is 0 Å². The minimum absolute atomic E-state index is 0. The SMILES string of the molecule is CCCCC(CC)COC(=O)CCC(=O)O.CCCCC(CC)COC(=O)CCC(=O)O.O=S(=O)([O-])[O-].[Na+].[Na+]. The zero-order valence-corrected chi connectivity index (χ0v) is 29.3. The van der Waals surface area contributed by atoms with Gasteiger partial charge in [0, 0.05) is 10.4 Å². The van der Waals surface area contributed by atoms with Crippen molar-refractivity contribution in [3.8, 4) is 0 Å². The van der Waals surface area contributed by atoms with E-state index in [9.17, 15) is 19.2 Å². The number of carbonyl (C=O) groups excluding carboxylic acids is 2. The number of hydrogen-bond acceptors (Lipinski definition) is 10. The fourth-order valence-electron chi connectivity index (χ4n) is 2.78. The third-order valence-corrected chi connectivity index (χ3v) is 5.13. The van der Waals surface area contributed by atoms with Crippen LogP contribution in [0, 0.1) is 11.8 Å². The van der Waals surface area contributed by atoms with E-state index in [0.717, 1.165) is 51.4 Å². The van der Waals surface area contributed by atoms with Gasteiger partial charge in [0.15, 0.2) is 0 Å². The van der Waals surface area contributed by atoms with E-state index < -0.39 is 34.3 Å². The number of carbonyl (C=O) groups is 4. The minimum Gasteiger partial charge on any atom is -0.759 e. The van der Waals surface area contributed by atoms with Gasteiger partial charge in [-0.25, -0.2) is 0 Å². The average molecular weight is 603 g/mol. The van der Waals surface area contributed by atoms with Crippen LogP contribution >= 0.6 is 0 Å². The van der Waals surface area contributed by atoms with Crippen molar-refractivity contribution in [3.05, 3.63) is 0 Å². The Kier molecular flexibility index (Phi) is 40.1. The molecule has 0 heterocycles. The first kappa shape index (κ1) is 48.5. The average Bonchev–Trinajstić information content (AvgIpc) is 2.81. The number of unbranched alkanes of at least 4 members (excludes halogenated alkanes) is 2. The van der Waals surface area contributed by atoms with Gasteiger partial charge in [-0.05, 0) is 24.7 Å². The van der Waals surface area contributed by atoms with Gasteiger partial charge in [0.05, 0.1) is 38.9 Å². The molecule has 2 N–H and O–H groups in total. The Morgan fingerprint density at radius 3 is 1.15 bits per heavy atom. The number of esters is 2. The molecule has 0 aliphatic heterocycles. The Labute approximate surface area is 277 Å². The van der Waals surface area contributed by atoms with Gasteiger partial charge in [-0.15, -0.1) is 0 Å². The van der Waals surface area contributed by atoms with Crippen LogP contribution in [-0.2, 0) is 39.1 Å². The molecule has 0 saturated heterocycles. The molecule has 0 amide bonds. The molecule has 0 rings (SSSR count). The van der Waals surface area contributed by atoms with E-state index in [4.69, 9.17) is 37.2 Å². The summed E-state index contributed by atoms with van der Waals surface area (Å²) in [5, 5.41) is 16.8. The Morgan fingerprint density at radius 1 is 0.667 bits per heavy atom. The first-order chi connectivity index (χ1) is 17.2. The van der Waals surface area contributed by atoms with Gasteiger partial charge in [0.1, 0.15) is 0 Å². The molecule has 39 heavy (non-hydrogen) atoms. The van der Waals surface area contributed by atoms with Crippen LogP contribution in [0.3, 0.4) is 0 Å². The molecule has 0 spiro atoms. The second kappa shape index (κ2) is 32.3. The second-order valence-corrected chi connectivity index (χ2v) is 9.21. The summed E-state index contributed by atoms with van der Waals surface area (Å²) in [6.07, 6.45) is 8.34. The molecular formula is C24H44Na2O12S. The van der Waals surface area contributed by atoms with Crippen molar-refractivity contribution in [2.45, 2.75) is 105 Å². The maximum absolute atomic E-state index is 11.2. The normalized spacial score (nSPS) is 11.4. The monoisotopic (exact) mass is 602 g/mol. The van der Waals surface area contributed by atoms with Crippen LogP contribution in [0.4, 0.5) is 0 Å². The van der Waals surface area contributed by atoms with E-state index in [1.807, 2.05) is 0 Å². The van der Waals surface area contributed by atoms with Gasteiger partial charge in [-0.3, -0.25) is 27.6 Å². The van der Waals surface area contributed by atoms with Crippen LogP contribution in [0.5, 0.6) is 0 Å². The van der Waals surface area contributed by atoms with Crippen molar-refractivity contribution < 1.29 is 116 Å². The summed E-state index contributed by atoms with van der Waals surface area (Å²) in [5.41, 5.74) is 0. The molecular weight excluding hydrogens is 558 g/mol. The van der Waals surface area contributed by atoms with Gasteiger partial charge in [-0.2, -0.15) is 0 Å². The van der Waals surface area contributed by atoms with E-state index in [2.05, 4.69) is 27.7 Å². The Balaban J connectivity index is -0.000000161. The number of carboxylic acid groups (broad SMARTS) is 2. The summed E-state index contributed by atoms with van der Waals surface area (Å²) in [6, 6.07) is 0. The van der Waals surface area contributed by atoms with Gasteiger partial charge >= 0.3 is 83.0 Å². The van der Waals surface area contributed by atoms with Gasteiger partial charge < -0.3 is 28.8 Å². The quantitative estimate of drug-likeness (QED) is 0.0748. The van der Waals surface area contributed by atoms with Gasteiger partial charge in [-0.1, -0.05) is 66.2 Å². The summed E-state index contributed by atoms with van der Waals surface area (Å²) in [5.74, 6) is -1.91. The third kappa shape index (κ3) is 47.9. The first-order valence-electron chi connectivity index (χ1n) is 12.6. The molecule has 2 atom stereocenters. The molecule has 2 unspecified atom stereocenters. The molecule has 0 saturated carbocycles. The Bertz CT molecular complexity index is 679. The van der Waals surface area contributed by atoms with Crippen LogP contribution in [0.2, 0.25) is 0 Å². The minimum atomic E-state index is -5.17. The largest absolute Gasteiger partial charge is 1.00 e. The number of ether oxygens (including phenoxy) is 2. The molecule has 0 aromatic heterocycles. The molecule has 0 aliphatic rings. The fraction of sp³-hybridized carbons (Fsp3) is 0.833. The van der Waals surface area contributed by atoms with E-state index >= 15 is 0 Å². The smallest absolute Gasteiger partial charge is 0.759 e.